The number of hydrogen-bond donors (Lipinski definition) is 0. The molecule has 0 heterocycles. The summed E-state index contributed by atoms with van der Waals surface area (Å²) < 4.78 is 6.43. The molecule has 0 saturated heterocycles. The van der Waals surface area contributed by atoms with E-state index in [1.165, 1.54) is 85.9 Å². The van der Waals surface area contributed by atoms with Crippen molar-refractivity contribution in [2.45, 2.75) is 85.0 Å². The molecule has 0 spiro atoms. The van der Waals surface area contributed by atoms with Crippen LogP contribution in [0.25, 0.3) is 0 Å². The van der Waals surface area contributed by atoms with E-state index in [-0.39, 0.29) is 0 Å². The molecule has 0 saturated carbocycles. The number of rotatable bonds is 14. The van der Waals surface area contributed by atoms with E-state index in [1.54, 1.807) is 0 Å². The largest absolute Gasteiger partial charge is 0.350 e. The smallest absolute Gasteiger partial charge is 0.0917 e. The molecule has 2 aromatic rings. The van der Waals surface area contributed by atoms with E-state index >= 15 is 0 Å². The van der Waals surface area contributed by atoms with Crippen LogP contribution in [-0.2, 0) is 4.52 Å². The van der Waals surface area contributed by atoms with Crippen LogP contribution in [0.5, 0.6) is 0 Å². The van der Waals surface area contributed by atoms with Gasteiger partial charge in [-0.2, -0.15) is 0 Å². The summed E-state index contributed by atoms with van der Waals surface area (Å²) in [5, 5.41) is 2.63. The Morgan fingerprint density at radius 2 is 0.964 bits per heavy atom. The lowest BCUT2D eigenvalue weighted by atomic mass is 10.1. The average molecular weight is 399 g/mol. The molecule has 1 nitrogen and oxygen atoms in total. The van der Waals surface area contributed by atoms with Gasteiger partial charge >= 0.3 is 0 Å². The summed E-state index contributed by atoms with van der Waals surface area (Å²) in [4.78, 5) is 0. The van der Waals surface area contributed by atoms with Crippen molar-refractivity contribution in [3.63, 3.8) is 0 Å². The molecule has 0 bridgehead atoms. The van der Waals surface area contributed by atoms with Gasteiger partial charge in [0.2, 0.25) is 0 Å². The second-order valence-electron chi connectivity index (χ2n) is 7.98. The topological polar surface area (TPSA) is 9.23 Å². The third-order valence-corrected chi connectivity index (χ3v) is 7.23. The van der Waals surface area contributed by atoms with Gasteiger partial charge in [0, 0.05) is 10.6 Å². The fraction of sp³-hybridized carbons (Fsp3) is 0.538. The fourth-order valence-electron chi connectivity index (χ4n) is 3.40. The minimum atomic E-state index is -0.712. The zero-order valence-corrected chi connectivity index (χ0v) is 19.1. The fourth-order valence-corrected chi connectivity index (χ4v) is 5.15. The third kappa shape index (κ3) is 8.89. The van der Waals surface area contributed by atoms with Crippen molar-refractivity contribution in [2.24, 2.45) is 0 Å². The van der Waals surface area contributed by atoms with Gasteiger partial charge in [-0.25, -0.2) is 0 Å². The predicted molar refractivity (Wildman–Crippen MR) is 126 cm³/mol. The van der Waals surface area contributed by atoms with E-state index in [9.17, 15) is 0 Å². The van der Waals surface area contributed by atoms with Crippen LogP contribution >= 0.6 is 8.15 Å². The van der Waals surface area contributed by atoms with E-state index in [2.05, 4.69) is 69.3 Å². The molecule has 2 heteroatoms. The molecule has 0 aliphatic rings. The van der Waals surface area contributed by atoms with Crippen LogP contribution in [0, 0.1) is 13.8 Å². The van der Waals surface area contributed by atoms with Crippen molar-refractivity contribution in [3.05, 3.63) is 59.7 Å². The molecular weight excluding hydrogens is 359 g/mol. The first-order chi connectivity index (χ1) is 13.7. The molecule has 0 aliphatic carbocycles. The van der Waals surface area contributed by atoms with Crippen molar-refractivity contribution in [1.82, 2.24) is 0 Å². The molecule has 0 amide bonds. The Labute approximate surface area is 174 Å². The number of unbranched alkanes of at least 4 members (excludes halogenated alkanes) is 9. The van der Waals surface area contributed by atoms with Crippen molar-refractivity contribution in [3.8, 4) is 0 Å². The minimum Gasteiger partial charge on any atom is -0.350 e. The highest BCUT2D eigenvalue weighted by atomic mass is 31.1. The SMILES string of the molecule is CCCCCCCCCCCCOP(c1ccc(C)cc1)c1ccc(C)cc1. The van der Waals surface area contributed by atoms with Gasteiger partial charge in [-0.3, -0.25) is 0 Å². The molecule has 28 heavy (non-hydrogen) atoms. The number of aryl methyl sites for hydroxylation is 2. The van der Waals surface area contributed by atoms with Gasteiger partial charge in [0.25, 0.3) is 0 Å². The van der Waals surface area contributed by atoms with Crippen LogP contribution in [-0.4, -0.2) is 6.61 Å². The molecule has 0 fully saturated rings. The Hall–Kier alpha value is -1.17. The highest BCUT2D eigenvalue weighted by Gasteiger charge is 2.15. The Bertz CT molecular complexity index is 587. The standard InChI is InChI=1S/C26H39OP/c1-4-5-6-7-8-9-10-11-12-13-22-27-28(25-18-14-23(2)15-19-25)26-20-16-24(3)17-21-26/h14-21H,4-13,22H2,1-3H3. The van der Waals surface area contributed by atoms with Crippen LogP contribution in [0.1, 0.15) is 82.3 Å². The highest BCUT2D eigenvalue weighted by molar-refractivity contribution is 7.68. The average Bonchev–Trinajstić information content (AvgIpc) is 2.71. The lowest BCUT2D eigenvalue weighted by molar-refractivity contribution is 0.343. The number of benzene rings is 2. The first kappa shape index (κ1) is 23.1. The molecule has 2 aromatic carbocycles. The summed E-state index contributed by atoms with van der Waals surface area (Å²) in [7, 11) is -0.712. The van der Waals surface area contributed by atoms with E-state index < -0.39 is 8.15 Å². The monoisotopic (exact) mass is 398 g/mol. The molecule has 0 N–H and O–H groups in total. The quantitative estimate of drug-likeness (QED) is 0.235. The molecule has 0 aliphatic heterocycles. The zero-order valence-electron chi connectivity index (χ0n) is 18.3. The molecular formula is C26H39OP. The first-order valence-corrected chi connectivity index (χ1v) is 12.5. The Morgan fingerprint density at radius 3 is 1.39 bits per heavy atom. The minimum absolute atomic E-state index is 0.712. The lowest BCUT2D eigenvalue weighted by Gasteiger charge is -2.19. The van der Waals surface area contributed by atoms with Crippen molar-refractivity contribution >= 4 is 18.8 Å². The highest BCUT2D eigenvalue weighted by Crippen LogP contribution is 2.35. The van der Waals surface area contributed by atoms with E-state index in [0.717, 1.165) is 6.61 Å². The van der Waals surface area contributed by atoms with E-state index in [4.69, 9.17) is 4.52 Å². The number of hydrogen-bond acceptors (Lipinski definition) is 1. The van der Waals surface area contributed by atoms with Crippen LogP contribution in [0.15, 0.2) is 48.5 Å². The van der Waals surface area contributed by atoms with Gasteiger partial charge in [0.1, 0.15) is 0 Å². The van der Waals surface area contributed by atoms with Crippen LogP contribution in [0.4, 0.5) is 0 Å². The summed E-state index contributed by atoms with van der Waals surface area (Å²) in [6, 6.07) is 17.7. The molecule has 0 radical (unpaired) electrons. The van der Waals surface area contributed by atoms with Gasteiger partial charge in [-0.05, 0) is 20.3 Å². The zero-order chi connectivity index (χ0) is 20.0. The van der Waals surface area contributed by atoms with Crippen LogP contribution in [0.3, 0.4) is 0 Å². The molecule has 2 rings (SSSR count). The Balaban J connectivity index is 1.72. The Morgan fingerprint density at radius 1 is 0.571 bits per heavy atom. The second kappa shape index (κ2) is 13.9. The molecule has 0 aromatic heterocycles. The molecule has 0 unspecified atom stereocenters. The summed E-state index contributed by atoms with van der Waals surface area (Å²) in [6.45, 7) is 7.43. The molecule has 0 atom stereocenters. The predicted octanol–water partition coefficient (Wildman–Crippen LogP) is 7.59. The summed E-state index contributed by atoms with van der Waals surface area (Å²) in [5.74, 6) is 0. The maximum Gasteiger partial charge on any atom is 0.0917 e. The van der Waals surface area contributed by atoms with Crippen LogP contribution < -0.4 is 10.6 Å². The van der Waals surface area contributed by atoms with Gasteiger partial charge < -0.3 is 4.52 Å². The van der Waals surface area contributed by atoms with Gasteiger partial charge in [0.05, 0.1) is 14.8 Å². The maximum absolute atomic E-state index is 6.43. The second-order valence-corrected chi connectivity index (χ2v) is 9.86. The van der Waals surface area contributed by atoms with E-state index in [1.807, 2.05) is 0 Å². The van der Waals surface area contributed by atoms with Gasteiger partial charge in [0.15, 0.2) is 0 Å². The van der Waals surface area contributed by atoms with Crippen molar-refractivity contribution < 1.29 is 4.52 Å². The first-order valence-electron chi connectivity index (χ1n) is 11.3. The van der Waals surface area contributed by atoms with E-state index in [0.29, 0.717) is 0 Å². The Kier molecular flexibility index (Phi) is 11.5. The lowest BCUT2D eigenvalue weighted by Crippen LogP contribution is -2.14. The third-order valence-electron chi connectivity index (χ3n) is 5.26. The maximum atomic E-state index is 6.43. The summed E-state index contributed by atoms with van der Waals surface area (Å²) >= 11 is 0. The summed E-state index contributed by atoms with van der Waals surface area (Å²) in [5.41, 5.74) is 2.61. The van der Waals surface area contributed by atoms with Crippen LogP contribution in [0.2, 0.25) is 0 Å². The van der Waals surface area contributed by atoms with Gasteiger partial charge in [-0.1, -0.05) is 124 Å². The van der Waals surface area contributed by atoms with Gasteiger partial charge in [-0.15, -0.1) is 0 Å². The summed E-state index contributed by atoms with van der Waals surface area (Å²) in [6.07, 6.45) is 13.6. The normalized spacial score (nSPS) is 11.3. The van der Waals surface area contributed by atoms with Crippen molar-refractivity contribution in [2.75, 3.05) is 6.61 Å². The molecule has 154 valence electrons. The van der Waals surface area contributed by atoms with Crippen molar-refractivity contribution in [1.29, 1.82) is 0 Å².